The second-order valence-electron chi connectivity index (χ2n) is 19.8. The number of likely N-dealkylation sites (tertiary alicyclic amines) is 2. The number of hydrogen-bond donors (Lipinski definition) is 2. The molecule has 4 aromatic rings. The molecule has 1 spiro atoms. The molecule has 2 N–H and O–H groups in total. The molecule has 14 nitrogen and oxygen atoms in total. The van der Waals surface area contributed by atoms with Gasteiger partial charge in [0.05, 0.1) is 29.5 Å². The first kappa shape index (κ1) is 61.2. The zero-order valence-electron chi connectivity index (χ0n) is 42.0. The number of ether oxygens (including phenoxy) is 2. The second kappa shape index (κ2) is 25.2. The Balaban J connectivity index is 0.00000266. The SMILES string of the molecule is C=CC(=O)N1CC[C@]2(CCN([C@H](C(=O)N[C@H]3Cc4cccc(c4)-c4ccc5c(c4)c(c(-c4cccnc4[C@H](C)OC)n5CC)CC(C)(C)COC(=O)[C@@H]4CCCN(N4)C3=O)C(C)C)C2=O)C1.S.S.S.S.S. The van der Waals surface area contributed by atoms with Gasteiger partial charge in [-0.15, -0.1) is 0 Å². The maximum absolute atomic E-state index is 14.8. The first-order valence-electron chi connectivity index (χ1n) is 23.6. The van der Waals surface area contributed by atoms with E-state index in [1.165, 1.54) is 11.1 Å². The Morgan fingerprint density at radius 2 is 1.69 bits per heavy atom. The molecule has 6 heterocycles. The summed E-state index contributed by atoms with van der Waals surface area (Å²) in [4.78, 5) is 78.3. The average molecular weight is 1070 g/mol. The van der Waals surface area contributed by atoms with Crippen molar-refractivity contribution in [1.29, 1.82) is 0 Å². The van der Waals surface area contributed by atoms with Gasteiger partial charge in [-0.25, -0.2) is 5.43 Å². The number of carbonyl (C=O) groups is 5. The number of carbonyl (C=O) groups excluding carboxylic acids is 5. The topological polar surface area (TPSA) is 155 Å². The van der Waals surface area contributed by atoms with E-state index < -0.39 is 40.8 Å². The smallest absolute Gasteiger partial charge is 0.324 e. The highest BCUT2D eigenvalue weighted by atomic mass is 32.1. The number of nitrogens with one attached hydrogen (secondary N) is 2. The number of pyridine rings is 1. The average Bonchev–Trinajstić information content (AvgIpc) is 3.99. The zero-order chi connectivity index (χ0) is 47.1. The molecule has 6 bridgehead atoms. The van der Waals surface area contributed by atoms with Crippen molar-refractivity contribution >= 4 is 108 Å². The highest BCUT2D eigenvalue weighted by Crippen LogP contribution is 2.44. The minimum absolute atomic E-state index is 0. The minimum Gasteiger partial charge on any atom is -0.464 e. The number of amides is 4. The van der Waals surface area contributed by atoms with Crippen LogP contribution in [0.2, 0.25) is 0 Å². The Kier molecular flexibility index (Phi) is 21.7. The van der Waals surface area contributed by atoms with Crippen LogP contribution in [0.1, 0.15) is 90.2 Å². The minimum atomic E-state index is -1.04. The lowest BCUT2D eigenvalue weighted by atomic mass is 9.84. The maximum atomic E-state index is 14.8. The Morgan fingerprint density at radius 1 is 0.972 bits per heavy atom. The van der Waals surface area contributed by atoms with Gasteiger partial charge in [-0.05, 0) is 104 Å². The Morgan fingerprint density at radius 3 is 2.38 bits per heavy atom. The van der Waals surface area contributed by atoms with Crippen LogP contribution >= 0.6 is 67.5 Å². The van der Waals surface area contributed by atoms with E-state index in [9.17, 15) is 24.0 Å². The molecule has 4 amide bonds. The van der Waals surface area contributed by atoms with Gasteiger partial charge in [0, 0.05) is 74.3 Å². The van der Waals surface area contributed by atoms with E-state index in [1.54, 1.807) is 23.1 Å². The van der Waals surface area contributed by atoms with Gasteiger partial charge in [-0.3, -0.25) is 34.0 Å². The van der Waals surface area contributed by atoms with Crippen LogP contribution in [-0.2, 0) is 52.8 Å². The molecule has 0 unspecified atom stereocenters. The quantitative estimate of drug-likeness (QED) is 0.134. The monoisotopic (exact) mass is 1070 g/mol. The standard InChI is InChI=1S/C52H65N7O7.5H2S/c1-9-43(60)56-24-20-52(30-56)21-25-58(50(52)64)45(32(3)4)47(61)54-41-27-34-14-11-15-35(26-34)36-18-19-42-38(28-36)39(46(57(42)10-2)37-16-12-22-53-44(37)33(5)65-8)29-51(6,7)31-66-49(63)40-17-13-23-59(55-40)48(41)62;;;;;/h9,11-12,14-16,18-19,22,26,28,32-33,40-41,45,55H,1,10,13,17,20-21,23-25,27,29-31H2,2-8H3,(H,54,61);5*1H2/t33-,40-,41-,45-,52-;;;;;/m0...../s1. The van der Waals surface area contributed by atoms with Crippen LogP contribution in [0, 0.1) is 16.7 Å². The number of cyclic esters (lactones) is 1. The van der Waals surface area contributed by atoms with Crippen LogP contribution in [0.25, 0.3) is 33.3 Å². The Labute approximate surface area is 454 Å². The molecule has 4 aliphatic heterocycles. The van der Waals surface area contributed by atoms with Crippen LogP contribution in [0.4, 0.5) is 0 Å². The van der Waals surface area contributed by atoms with Crippen molar-refractivity contribution in [2.75, 3.05) is 39.9 Å². The summed E-state index contributed by atoms with van der Waals surface area (Å²) in [5.74, 6) is -1.89. The molecule has 5 atom stereocenters. The number of hydrazine groups is 1. The van der Waals surface area contributed by atoms with E-state index in [2.05, 4.69) is 79.1 Å². The van der Waals surface area contributed by atoms with Gasteiger partial charge in [-0.1, -0.05) is 64.6 Å². The third-order valence-corrected chi connectivity index (χ3v) is 14.3. The van der Waals surface area contributed by atoms with Crippen molar-refractivity contribution in [3.05, 3.63) is 90.3 Å². The Hall–Kier alpha value is -4.11. The van der Waals surface area contributed by atoms with Crippen molar-refractivity contribution in [1.82, 2.24) is 35.1 Å². The predicted molar refractivity (Wildman–Crippen MR) is 304 cm³/mol. The van der Waals surface area contributed by atoms with Crippen LogP contribution in [0.5, 0.6) is 0 Å². The fourth-order valence-corrected chi connectivity index (χ4v) is 10.7. The number of esters is 1. The summed E-state index contributed by atoms with van der Waals surface area (Å²) in [5, 5.41) is 5.64. The summed E-state index contributed by atoms with van der Waals surface area (Å²) >= 11 is 0. The van der Waals surface area contributed by atoms with Gasteiger partial charge in [0.1, 0.15) is 18.1 Å². The summed E-state index contributed by atoms with van der Waals surface area (Å²) in [6.45, 7) is 18.1. The lowest BCUT2D eigenvalue weighted by molar-refractivity contribution is -0.155. The largest absolute Gasteiger partial charge is 0.464 e. The van der Waals surface area contributed by atoms with Crippen molar-refractivity contribution in [3.8, 4) is 22.4 Å². The molecule has 0 aliphatic carbocycles. The van der Waals surface area contributed by atoms with Gasteiger partial charge in [0.2, 0.25) is 17.7 Å². The molecule has 0 radical (unpaired) electrons. The molecule has 3 fully saturated rings. The maximum Gasteiger partial charge on any atom is 0.324 e. The third-order valence-electron chi connectivity index (χ3n) is 14.3. The molecule has 3 saturated heterocycles. The molecule has 0 saturated carbocycles. The van der Waals surface area contributed by atoms with Crippen LogP contribution in [0.15, 0.2) is 73.4 Å². The van der Waals surface area contributed by atoms with E-state index in [0.29, 0.717) is 58.3 Å². The van der Waals surface area contributed by atoms with E-state index >= 15 is 0 Å². The molecular formula is C52H75N7O7S5. The molecule has 2 aromatic carbocycles. The predicted octanol–water partition coefficient (Wildman–Crippen LogP) is 6.97. The lowest BCUT2D eigenvalue weighted by Crippen LogP contribution is -2.62. The van der Waals surface area contributed by atoms with E-state index in [4.69, 9.17) is 14.5 Å². The van der Waals surface area contributed by atoms with Crippen molar-refractivity contribution < 1.29 is 33.4 Å². The number of nitrogens with zero attached hydrogens (tertiary/aromatic N) is 5. The van der Waals surface area contributed by atoms with Crippen LogP contribution in [0.3, 0.4) is 0 Å². The van der Waals surface area contributed by atoms with Gasteiger partial charge in [0.15, 0.2) is 0 Å². The number of hydrogen-bond acceptors (Lipinski definition) is 9. The zero-order valence-corrected chi connectivity index (χ0v) is 47.0. The summed E-state index contributed by atoms with van der Waals surface area (Å²) in [6, 6.07) is 16.0. The van der Waals surface area contributed by atoms with Gasteiger partial charge >= 0.3 is 5.97 Å². The van der Waals surface area contributed by atoms with E-state index in [0.717, 1.165) is 50.1 Å². The summed E-state index contributed by atoms with van der Waals surface area (Å²) in [5.41, 5.74) is 9.77. The molecule has 4 aliphatic rings. The normalized spacial score (nSPS) is 21.6. The number of fused-ring (bicyclic) bond motifs is 6. The van der Waals surface area contributed by atoms with Gasteiger partial charge in [0.25, 0.3) is 5.91 Å². The van der Waals surface area contributed by atoms with Crippen LogP contribution in [-0.4, -0.2) is 112 Å². The van der Waals surface area contributed by atoms with Crippen molar-refractivity contribution in [2.45, 2.75) is 111 Å². The van der Waals surface area contributed by atoms with Gasteiger partial charge in [-0.2, -0.15) is 67.5 Å². The molecule has 19 heteroatoms. The third kappa shape index (κ3) is 12.3. The summed E-state index contributed by atoms with van der Waals surface area (Å²) in [6.07, 6.45) is 5.64. The van der Waals surface area contributed by atoms with Crippen molar-refractivity contribution in [3.63, 3.8) is 0 Å². The summed E-state index contributed by atoms with van der Waals surface area (Å²) < 4.78 is 14.3. The highest BCUT2D eigenvalue weighted by Gasteiger charge is 2.54. The number of aryl methyl sites for hydroxylation is 1. The number of benzene rings is 2. The number of rotatable bonds is 9. The molecule has 2 aromatic heterocycles. The molecular weight excluding hydrogens is 995 g/mol. The highest BCUT2D eigenvalue weighted by molar-refractivity contribution is 7.60. The fourth-order valence-electron chi connectivity index (χ4n) is 10.7. The molecule has 71 heavy (non-hydrogen) atoms. The molecule has 8 rings (SSSR count). The van der Waals surface area contributed by atoms with Gasteiger partial charge < -0.3 is 29.2 Å². The first-order chi connectivity index (χ1) is 31.6. The fraction of sp³-hybridized carbons (Fsp3) is 0.500. The first-order valence-corrected chi connectivity index (χ1v) is 23.6. The van der Waals surface area contributed by atoms with Crippen LogP contribution < -0.4 is 10.7 Å². The summed E-state index contributed by atoms with van der Waals surface area (Å²) in [7, 11) is 1.69. The lowest BCUT2D eigenvalue weighted by Gasteiger charge is -2.37. The number of methoxy groups -OCH3 is 1. The van der Waals surface area contributed by atoms with Crippen molar-refractivity contribution in [2.24, 2.45) is 16.7 Å². The number of aromatic nitrogens is 2. The second-order valence-corrected chi connectivity index (χ2v) is 19.8. The molecule has 390 valence electrons. The van der Waals surface area contributed by atoms with E-state index in [1.807, 2.05) is 39.0 Å². The van der Waals surface area contributed by atoms with E-state index in [-0.39, 0.29) is 117 Å². The Bertz CT molecular complexity index is 2570.